The number of amides is 1. The first-order chi connectivity index (χ1) is 12.9. The van der Waals surface area contributed by atoms with Crippen LogP contribution in [0.25, 0.3) is 10.9 Å². The fourth-order valence-corrected chi connectivity index (χ4v) is 2.60. The minimum atomic E-state index is -0.652. The highest BCUT2D eigenvalue weighted by Crippen LogP contribution is 2.36. The van der Waals surface area contributed by atoms with Gasteiger partial charge in [0.25, 0.3) is 5.91 Å². The molecule has 1 heterocycles. The van der Waals surface area contributed by atoms with E-state index in [1.807, 2.05) is 0 Å². The number of aromatic nitrogens is 1. The zero-order valence-corrected chi connectivity index (χ0v) is 14.5. The molecule has 3 rings (SSSR count). The number of benzene rings is 2. The van der Waals surface area contributed by atoms with Gasteiger partial charge in [-0.1, -0.05) is 0 Å². The Balaban J connectivity index is 2.08. The maximum atomic E-state index is 11.7. The molecule has 9 heteroatoms. The molecule has 2 aromatic carbocycles. The number of hydrogen-bond donors (Lipinski definition) is 1. The van der Waals surface area contributed by atoms with Crippen molar-refractivity contribution in [2.75, 3.05) is 14.2 Å². The van der Waals surface area contributed by atoms with Crippen molar-refractivity contribution in [1.82, 2.24) is 4.98 Å². The molecular weight excluding hydrogens is 354 g/mol. The standard InChI is InChI=1S/C18H15N3O6/c1-25-16-9-13-11(8-12(16)18(19)22)15(5-6-20-13)27-10-3-4-14(21(23)24)17(7-10)26-2/h3-9H,1-2H3,(H2,19,22). The zero-order chi connectivity index (χ0) is 19.6. The molecule has 1 aromatic heterocycles. The summed E-state index contributed by atoms with van der Waals surface area (Å²) in [7, 11) is 2.76. The van der Waals surface area contributed by atoms with Gasteiger partial charge in [-0.3, -0.25) is 19.9 Å². The molecule has 0 spiro atoms. The molecule has 2 N–H and O–H groups in total. The van der Waals surface area contributed by atoms with E-state index in [1.54, 1.807) is 12.1 Å². The van der Waals surface area contributed by atoms with Crippen molar-refractivity contribution in [3.05, 3.63) is 58.3 Å². The van der Waals surface area contributed by atoms with Crippen LogP contribution >= 0.6 is 0 Å². The Morgan fingerprint density at radius 2 is 1.81 bits per heavy atom. The number of nitrogens with two attached hydrogens (primary N) is 1. The van der Waals surface area contributed by atoms with E-state index in [-0.39, 0.29) is 17.0 Å². The summed E-state index contributed by atoms with van der Waals surface area (Å²) < 4.78 is 16.1. The van der Waals surface area contributed by atoms with Gasteiger partial charge in [0.15, 0.2) is 0 Å². The molecule has 0 fully saturated rings. The molecule has 0 bridgehead atoms. The summed E-state index contributed by atoms with van der Waals surface area (Å²) >= 11 is 0. The lowest BCUT2D eigenvalue weighted by atomic mass is 10.1. The molecule has 0 aliphatic carbocycles. The first-order valence-corrected chi connectivity index (χ1v) is 7.71. The SMILES string of the molecule is COc1cc2nccc(Oc3ccc([N+](=O)[O-])c(OC)c3)c2cc1C(N)=O. The van der Waals surface area contributed by atoms with Crippen LogP contribution in [-0.4, -0.2) is 30.0 Å². The number of pyridine rings is 1. The first kappa shape index (κ1) is 17.9. The van der Waals surface area contributed by atoms with E-state index in [0.29, 0.717) is 28.2 Å². The molecule has 0 unspecified atom stereocenters. The fraction of sp³-hybridized carbons (Fsp3) is 0.111. The molecule has 1 amide bonds. The molecule has 0 saturated carbocycles. The summed E-state index contributed by atoms with van der Waals surface area (Å²) in [5.74, 6) is 0.426. The van der Waals surface area contributed by atoms with Gasteiger partial charge in [0.05, 0.1) is 30.2 Å². The summed E-state index contributed by atoms with van der Waals surface area (Å²) in [6, 6.07) is 8.86. The van der Waals surface area contributed by atoms with E-state index in [2.05, 4.69) is 4.98 Å². The van der Waals surface area contributed by atoms with E-state index in [4.69, 9.17) is 19.9 Å². The van der Waals surface area contributed by atoms with E-state index in [1.165, 1.54) is 44.7 Å². The van der Waals surface area contributed by atoms with Gasteiger partial charge in [0.1, 0.15) is 17.2 Å². The number of carbonyl (C=O) groups is 1. The molecule has 27 heavy (non-hydrogen) atoms. The maximum absolute atomic E-state index is 11.7. The molecular formula is C18H15N3O6. The average molecular weight is 369 g/mol. The highest BCUT2D eigenvalue weighted by atomic mass is 16.6. The van der Waals surface area contributed by atoms with Crippen LogP contribution in [0.5, 0.6) is 23.0 Å². The van der Waals surface area contributed by atoms with Crippen LogP contribution in [0, 0.1) is 10.1 Å². The van der Waals surface area contributed by atoms with Crippen LogP contribution in [0.3, 0.4) is 0 Å². The number of fused-ring (bicyclic) bond motifs is 1. The fourth-order valence-electron chi connectivity index (χ4n) is 2.60. The summed E-state index contributed by atoms with van der Waals surface area (Å²) in [5, 5.41) is 11.5. The lowest BCUT2D eigenvalue weighted by molar-refractivity contribution is -0.385. The third-order valence-electron chi connectivity index (χ3n) is 3.86. The summed E-state index contributed by atoms with van der Waals surface area (Å²) in [6.45, 7) is 0. The topological polar surface area (TPSA) is 127 Å². The van der Waals surface area contributed by atoms with Crippen molar-refractivity contribution in [3.8, 4) is 23.0 Å². The maximum Gasteiger partial charge on any atom is 0.311 e. The Labute approximate surface area is 153 Å². The quantitative estimate of drug-likeness (QED) is 0.522. The largest absolute Gasteiger partial charge is 0.496 e. The zero-order valence-electron chi connectivity index (χ0n) is 14.5. The number of carbonyl (C=O) groups excluding carboxylic acids is 1. The normalized spacial score (nSPS) is 10.4. The number of ether oxygens (including phenoxy) is 3. The van der Waals surface area contributed by atoms with Crippen molar-refractivity contribution in [2.45, 2.75) is 0 Å². The van der Waals surface area contributed by atoms with E-state index in [9.17, 15) is 14.9 Å². The summed E-state index contributed by atoms with van der Waals surface area (Å²) in [6.07, 6.45) is 1.53. The van der Waals surface area contributed by atoms with E-state index < -0.39 is 10.8 Å². The third kappa shape index (κ3) is 3.43. The highest BCUT2D eigenvalue weighted by molar-refractivity contribution is 6.01. The second-order valence-electron chi connectivity index (χ2n) is 5.44. The van der Waals surface area contributed by atoms with Gasteiger partial charge in [-0.2, -0.15) is 0 Å². The van der Waals surface area contributed by atoms with Gasteiger partial charge in [-0.25, -0.2) is 0 Å². The average Bonchev–Trinajstić information content (AvgIpc) is 2.66. The van der Waals surface area contributed by atoms with Crippen LogP contribution in [0.1, 0.15) is 10.4 Å². The van der Waals surface area contributed by atoms with Gasteiger partial charge >= 0.3 is 5.69 Å². The Kier molecular flexibility index (Phi) is 4.75. The predicted molar refractivity (Wildman–Crippen MR) is 96.5 cm³/mol. The Bertz CT molecular complexity index is 1050. The van der Waals surface area contributed by atoms with Crippen molar-refractivity contribution >= 4 is 22.5 Å². The predicted octanol–water partition coefficient (Wildman–Crippen LogP) is 3.05. The number of nitrogens with zero attached hydrogens (tertiary/aromatic N) is 2. The molecule has 0 radical (unpaired) electrons. The lowest BCUT2D eigenvalue weighted by Gasteiger charge is -2.12. The van der Waals surface area contributed by atoms with Crippen molar-refractivity contribution in [1.29, 1.82) is 0 Å². The van der Waals surface area contributed by atoms with Gasteiger partial charge < -0.3 is 19.9 Å². The molecule has 0 aliphatic heterocycles. The minimum absolute atomic E-state index is 0.0651. The van der Waals surface area contributed by atoms with Crippen LogP contribution < -0.4 is 19.9 Å². The molecule has 138 valence electrons. The number of methoxy groups -OCH3 is 2. The minimum Gasteiger partial charge on any atom is -0.496 e. The molecule has 9 nitrogen and oxygen atoms in total. The van der Waals surface area contributed by atoms with Crippen LogP contribution in [0.4, 0.5) is 5.69 Å². The van der Waals surface area contributed by atoms with E-state index in [0.717, 1.165) is 0 Å². The monoisotopic (exact) mass is 369 g/mol. The van der Waals surface area contributed by atoms with Gasteiger partial charge in [-0.05, 0) is 18.2 Å². The van der Waals surface area contributed by atoms with Crippen LogP contribution in [-0.2, 0) is 0 Å². The second kappa shape index (κ2) is 7.16. The number of primary amides is 1. The van der Waals surface area contributed by atoms with Gasteiger partial charge in [0.2, 0.25) is 5.75 Å². The molecule has 0 aliphatic rings. The van der Waals surface area contributed by atoms with Crippen molar-refractivity contribution in [2.24, 2.45) is 5.73 Å². The highest BCUT2D eigenvalue weighted by Gasteiger charge is 2.17. The summed E-state index contributed by atoms with van der Waals surface area (Å²) in [5.41, 5.74) is 5.95. The number of hydrogen-bond acceptors (Lipinski definition) is 7. The van der Waals surface area contributed by atoms with E-state index >= 15 is 0 Å². The van der Waals surface area contributed by atoms with Crippen LogP contribution in [0.15, 0.2) is 42.6 Å². The van der Waals surface area contributed by atoms with Crippen molar-refractivity contribution in [3.63, 3.8) is 0 Å². The van der Waals surface area contributed by atoms with Gasteiger partial charge in [-0.15, -0.1) is 0 Å². The first-order valence-electron chi connectivity index (χ1n) is 7.71. The molecule has 0 atom stereocenters. The Morgan fingerprint density at radius 1 is 1.07 bits per heavy atom. The Morgan fingerprint density at radius 3 is 2.44 bits per heavy atom. The molecule has 3 aromatic rings. The smallest absolute Gasteiger partial charge is 0.311 e. The number of nitro benzene ring substituents is 1. The summed E-state index contributed by atoms with van der Waals surface area (Å²) in [4.78, 5) is 26.4. The second-order valence-corrected chi connectivity index (χ2v) is 5.44. The number of nitro groups is 1. The van der Waals surface area contributed by atoms with Crippen LogP contribution in [0.2, 0.25) is 0 Å². The Hall–Kier alpha value is -3.88. The number of rotatable bonds is 6. The lowest BCUT2D eigenvalue weighted by Crippen LogP contribution is -2.12. The third-order valence-corrected chi connectivity index (χ3v) is 3.86. The van der Waals surface area contributed by atoms with Gasteiger partial charge in [0, 0.05) is 29.8 Å². The van der Waals surface area contributed by atoms with Crippen molar-refractivity contribution < 1.29 is 23.9 Å². The molecule has 0 saturated heterocycles.